The molecule has 4 N–H and O–H groups in total. The van der Waals surface area contributed by atoms with Gasteiger partial charge in [-0.05, 0) is 48.9 Å². The number of nitrogens with zero attached hydrogens (tertiary/aromatic N) is 2. The van der Waals surface area contributed by atoms with E-state index in [1.807, 2.05) is 35.2 Å². The molecule has 3 aromatic rings. The Morgan fingerprint density at radius 2 is 1.68 bits per heavy atom. The van der Waals surface area contributed by atoms with Gasteiger partial charge in [0.25, 0.3) is 0 Å². The van der Waals surface area contributed by atoms with Crippen molar-refractivity contribution in [2.24, 2.45) is 0 Å². The summed E-state index contributed by atoms with van der Waals surface area (Å²) in [6.07, 6.45) is 3.23. The number of halogens is 2. The summed E-state index contributed by atoms with van der Waals surface area (Å²) in [4.78, 5) is 37.3. The van der Waals surface area contributed by atoms with Gasteiger partial charge in [-0.2, -0.15) is 13.5 Å². The quantitative estimate of drug-likeness (QED) is 0.152. The minimum atomic E-state index is -5.77. The zero-order valence-corrected chi connectivity index (χ0v) is 25.5. The van der Waals surface area contributed by atoms with Crippen molar-refractivity contribution in [2.45, 2.75) is 42.3 Å². The predicted octanol–water partition coefficient (Wildman–Crippen LogP) is 3.17. The molecule has 0 saturated carbocycles. The van der Waals surface area contributed by atoms with Crippen LogP contribution in [0.25, 0.3) is 0 Å². The summed E-state index contributed by atoms with van der Waals surface area (Å²) in [6, 6.07) is 15.5. The molecule has 1 fully saturated rings. The number of unbranched alkanes of at least 4 members (excludes halogenated alkanes) is 1. The van der Waals surface area contributed by atoms with Crippen molar-refractivity contribution in [3.8, 4) is 0 Å². The summed E-state index contributed by atoms with van der Waals surface area (Å²) < 4.78 is 73.8. The van der Waals surface area contributed by atoms with Crippen LogP contribution in [0.5, 0.6) is 0 Å². The molecule has 0 bridgehead atoms. The van der Waals surface area contributed by atoms with Crippen molar-refractivity contribution in [2.75, 3.05) is 37.7 Å². The van der Waals surface area contributed by atoms with Crippen molar-refractivity contribution in [3.63, 3.8) is 0 Å². The van der Waals surface area contributed by atoms with Gasteiger partial charge in [-0.1, -0.05) is 54.6 Å². The lowest BCUT2D eigenvalue weighted by atomic mass is 10.0. The van der Waals surface area contributed by atoms with Crippen LogP contribution in [0.1, 0.15) is 29.5 Å². The molecule has 44 heavy (non-hydrogen) atoms. The Bertz CT molecular complexity index is 1530. The van der Waals surface area contributed by atoms with Gasteiger partial charge in [0.15, 0.2) is 0 Å². The summed E-state index contributed by atoms with van der Waals surface area (Å²) in [5, 5.41) is 2.75. The molecule has 4 rings (SSSR count). The molecular weight excluding hydrogens is 617 g/mol. The molecule has 1 atom stereocenters. The summed E-state index contributed by atoms with van der Waals surface area (Å²) in [5.41, 5.74) is -3.85. The molecule has 0 radical (unpaired) electrons. The van der Waals surface area contributed by atoms with Crippen molar-refractivity contribution in [1.29, 1.82) is 0 Å². The number of amides is 1. The molecule has 1 amide bonds. The number of morpholine rings is 1. The lowest BCUT2D eigenvalue weighted by Gasteiger charge is -2.27. The fourth-order valence-corrected chi connectivity index (χ4v) is 6.26. The number of nitrogens with one attached hydrogen (secondary N) is 2. The number of benzene rings is 2. The van der Waals surface area contributed by atoms with E-state index in [1.165, 1.54) is 24.4 Å². The molecule has 2 aromatic carbocycles. The monoisotopic (exact) mass is 652 g/mol. The number of alkyl halides is 2. The number of pyridine rings is 1. The van der Waals surface area contributed by atoms with Crippen LogP contribution in [0, 0.1) is 0 Å². The topological polar surface area (TPSA) is 158 Å². The first-order valence-corrected chi connectivity index (χ1v) is 17.1. The molecule has 11 nitrogen and oxygen atoms in total. The van der Waals surface area contributed by atoms with E-state index < -0.39 is 40.8 Å². The van der Waals surface area contributed by atoms with Crippen LogP contribution in [0.2, 0.25) is 0 Å². The number of aromatic nitrogens is 1. The third-order valence-corrected chi connectivity index (χ3v) is 9.57. The summed E-state index contributed by atoms with van der Waals surface area (Å²) >= 11 is 0. The second-order valence-electron chi connectivity index (χ2n) is 10.3. The number of aryl methyl sites for hydroxylation is 1. The molecule has 238 valence electrons. The minimum absolute atomic E-state index is 0.160. The van der Waals surface area contributed by atoms with Gasteiger partial charge in [0.05, 0.1) is 13.2 Å². The van der Waals surface area contributed by atoms with Gasteiger partial charge in [0.2, 0.25) is 15.9 Å². The van der Waals surface area contributed by atoms with E-state index in [2.05, 4.69) is 15.0 Å². The highest BCUT2D eigenvalue weighted by Gasteiger charge is 2.50. The van der Waals surface area contributed by atoms with Gasteiger partial charge in [-0.25, -0.2) is 13.4 Å². The molecule has 1 aromatic heterocycles. The first-order chi connectivity index (χ1) is 20.9. The van der Waals surface area contributed by atoms with Crippen LogP contribution < -0.4 is 14.9 Å². The fraction of sp³-hybridized carbons (Fsp3) is 0.379. The van der Waals surface area contributed by atoms with E-state index in [-0.39, 0.29) is 17.9 Å². The molecule has 0 aliphatic carbocycles. The highest BCUT2D eigenvalue weighted by Crippen LogP contribution is 2.59. The van der Waals surface area contributed by atoms with Crippen LogP contribution >= 0.6 is 7.60 Å². The van der Waals surface area contributed by atoms with E-state index in [1.54, 1.807) is 6.07 Å². The smallest absolute Gasteiger partial charge is 0.378 e. The number of hydrogen-bond acceptors (Lipinski definition) is 7. The van der Waals surface area contributed by atoms with Gasteiger partial charge >= 0.3 is 13.3 Å². The van der Waals surface area contributed by atoms with Crippen LogP contribution in [0.4, 0.5) is 14.6 Å². The van der Waals surface area contributed by atoms with E-state index in [4.69, 9.17) is 14.5 Å². The Morgan fingerprint density at radius 3 is 2.30 bits per heavy atom. The second-order valence-corrected chi connectivity index (χ2v) is 13.7. The van der Waals surface area contributed by atoms with Crippen molar-refractivity contribution < 1.29 is 41.1 Å². The predicted molar refractivity (Wildman–Crippen MR) is 160 cm³/mol. The molecule has 1 saturated heterocycles. The van der Waals surface area contributed by atoms with E-state index in [0.29, 0.717) is 44.1 Å². The number of sulfonamides is 1. The van der Waals surface area contributed by atoms with Crippen LogP contribution in [-0.4, -0.2) is 68.0 Å². The summed E-state index contributed by atoms with van der Waals surface area (Å²) in [6.45, 7) is 2.58. The highest BCUT2D eigenvalue weighted by molar-refractivity contribution is 7.89. The maximum absolute atomic E-state index is 14.1. The molecule has 0 spiro atoms. The van der Waals surface area contributed by atoms with E-state index in [0.717, 1.165) is 30.5 Å². The van der Waals surface area contributed by atoms with Gasteiger partial charge in [-0.15, -0.1) is 0 Å². The average molecular weight is 653 g/mol. The van der Waals surface area contributed by atoms with Gasteiger partial charge < -0.3 is 24.7 Å². The maximum atomic E-state index is 14.1. The second kappa shape index (κ2) is 14.7. The Morgan fingerprint density at radius 1 is 1.00 bits per heavy atom. The Hall–Kier alpha value is -3.26. The van der Waals surface area contributed by atoms with Crippen LogP contribution in [0.3, 0.4) is 0 Å². The molecular formula is C29H35F2N4O7PS. The molecule has 2 heterocycles. The number of ether oxygens (including phenoxy) is 1. The number of hydrogen-bond donors (Lipinski definition) is 4. The maximum Gasteiger partial charge on any atom is 0.399 e. The van der Waals surface area contributed by atoms with Crippen molar-refractivity contribution in [1.82, 2.24) is 15.0 Å². The zero-order valence-electron chi connectivity index (χ0n) is 23.8. The first kappa shape index (κ1) is 33.6. The third-order valence-electron chi connectivity index (χ3n) is 7.12. The van der Waals surface area contributed by atoms with E-state index in [9.17, 15) is 26.6 Å². The van der Waals surface area contributed by atoms with Gasteiger partial charge in [-0.3, -0.25) is 9.36 Å². The Kier molecular flexibility index (Phi) is 11.2. The largest absolute Gasteiger partial charge is 0.399 e. The summed E-state index contributed by atoms with van der Waals surface area (Å²) in [5.74, 6) is -0.0277. The highest BCUT2D eigenvalue weighted by atomic mass is 32.2. The Balaban J connectivity index is 1.46. The Labute approximate surface area is 254 Å². The molecule has 1 aliphatic heterocycles. The minimum Gasteiger partial charge on any atom is -0.378 e. The van der Waals surface area contributed by atoms with Crippen LogP contribution in [0.15, 0.2) is 77.8 Å². The van der Waals surface area contributed by atoms with Gasteiger partial charge in [0.1, 0.15) is 16.8 Å². The lowest BCUT2D eigenvalue weighted by molar-refractivity contribution is -0.122. The summed E-state index contributed by atoms with van der Waals surface area (Å²) in [7, 11) is -10.00. The fourth-order valence-electron chi connectivity index (χ4n) is 4.63. The number of carbonyl (C=O) groups is 1. The molecule has 1 aliphatic rings. The number of carbonyl (C=O) groups excluding carboxylic acids is 1. The normalized spacial score (nSPS) is 15.1. The van der Waals surface area contributed by atoms with E-state index >= 15 is 0 Å². The average Bonchev–Trinajstić information content (AvgIpc) is 3.01. The number of anilines is 1. The van der Waals surface area contributed by atoms with Crippen molar-refractivity contribution in [3.05, 3.63) is 89.6 Å². The zero-order chi connectivity index (χ0) is 31.8. The molecule has 15 heteroatoms. The standard InChI is InChI=1S/C29H35F2N4O7PS/c30-29(31,43(37,38)39)24-11-9-23(10-12-24)20-26(28(36)32-15-5-4-8-22-6-2-1-3-7-22)34-44(40,41)25-13-14-27(33-21-25)35-16-18-42-19-17-35/h1-3,6-7,9-14,21,26,34H,4-5,8,15-20H2,(H,32,36)(H2,37,38,39). The lowest BCUT2D eigenvalue weighted by Crippen LogP contribution is -2.48. The van der Waals surface area contributed by atoms with Gasteiger partial charge in [0, 0.05) is 31.4 Å². The third kappa shape index (κ3) is 8.90. The molecule has 1 unspecified atom stereocenters. The first-order valence-electron chi connectivity index (χ1n) is 14.0. The van der Waals surface area contributed by atoms with Crippen LogP contribution in [-0.2, 0) is 42.6 Å². The van der Waals surface area contributed by atoms with Crippen molar-refractivity contribution >= 4 is 29.3 Å². The SMILES string of the molecule is O=C(NCCCCc1ccccc1)C(Cc1ccc(C(F)(F)P(=O)(O)O)cc1)NS(=O)(=O)c1ccc(N2CCOCC2)nc1. The number of rotatable bonds is 14.